The van der Waals surface area contributed by atoms with Crippen LogP contribution < -0.4 is 11.1 Å². The summed E-state index contributed by atoms with van der Waals surface area (Å²) in [6.45, 7) is 1.86. The Morgan fingerprint density at radius 1 is 1.29 bits per heavy atom. The number of nitrogen functional groups attached to an aromatic ring is 1. The third kappa shape index (κ3) is 2.58. The van der Waals surface area contributed by atoms with E-state index in [-0.39, 0.29) is 11.8 Å². The number of nitrogens with two attached hydrogens (primary N) is 1. The molecular weight excluding hydrogens is 264 g/mol. The average Bonchev–Trinajstić information content (AvgIpc) is 2.96. The van der Waals surface area contributed by atoms with Gasteiger partial charge in [0.25, 0.3) is 0 Å². The Kier molecular flexibility index (Phi) is 3.31. The molecule has 5 heteroatoms. The maximum Gasteiger partial charge on any atom is 0.231 e. The van der Waals surface area contributed by atoms with Gasteiger partial charge in [-0.3, -0.25) is 9.89 Å². The van der Waals surface area contributed by atoms with Crippen molar-refractivity contribution in [3.63, 3.8) is 0 Å². The molecular formula is C16H16N4O. The summed E-state index contributed by atoms with van der Waals surface area (Å²) in [7, 11) is 0. The Hall–Kier alpha value is -2.82. The van der Waals surface area contributed by atoms with Gasteiger partial charge in [0.1, 0.15) is 0 Å². The highest BCUT2D eigenvalue weighted by atomic mass is 16.1. The quantitative estimate of drug-likeness (QED) is 0.645. The van der Waals surface area contributed by atoms with Gasteiger partial charge in [0.15, 0.2) is 0 Å². The highest BCUT2D eigenvalue weighted by Crippen LogP contribution is 2.24. The number of amides is 1. The lowest BCUT2D eigenvalue weighted by Crippen LogP contribution is -2.19. The largest absolute Gasteiger partial charge is 0.399 e. The van der Waals surface area contributed by atoms with Crippen LogP contribution in [-0.2, 0) is 4.79 Å². The normalized spacial score (nSPS) is 12.2. The number of carbonyl (C=O) groups is 1. The molecule has 1 atom stereocenters. The molecule has 0 radical (unpaired) electrons. The van der Waals surface area contributed by atoms with E-state index in [1.165, 1.54) is 0 Å². The Labute approximate surface area is 122 Å². The number of H-pyrrole nitrogens is 1. The predicted octanol–water partition coefficient (Wildman–Crippen LogP) is 2.89. The minimum absolute atomic E-state index is 0.0747. The van der Waals surface area contributed by atoms with Crippen LogP contribution in [0.4, 0.5) is 11.4 Å². The summed E-state index contributed by atoms with van der Waals surface area (Å²) in [4.78, 5) is 12.4. The molecule has 106 valence electrons. The molecule has 0 spiro atoms. The topological polar surface area (TPSA) is 83.8 Å². The predicted molar refractivity (Wildman–Crippen MR) is 84.0 cm³/mol. The van der Waals surface area contributed by atoms with Crippen molar-refractivity contribution in [3.05, 3.63) is 54.2 Å². The fourth-order valence-electron chi connectivity index (χ4n) is 2.30. The van der Waals surface area contributed by atoms with E-state index in [2.05, 4.69) is 15.5 Å². The number of hydrogen-bond acceptors (Lipinski definition) is 3. The van der Waals surface area contributed by atoms with Gasteiger partial charge in [-0.15, -0.1) is 0 Å². The molecule has 0 saturated carbocycles. The third-order valence-corrected chi connectivity index (χ3v) is 3.55. The van der Waals surface area contributed by atoms with E-state index in [4.69, 9.17) is 5.73 Å². The first kappa shape index (κ1) is 13.2. The van der Waals surface area contributed by atoms with Crippen LogP contribution in [0.15, 0.2) is 48.7 Å². The van der Waals surface area contributed by atoms with Crippen LogP contribution in [0.25, 0.3) is 10.9 Å². The van der Waals surface area contributed by atoms with Crippen molar-refractivity contribution in [1.29, 1.82) is 0 Å². The van der Waals surface area contributed by atoms with Crippen LogP contribution in [0.2, 0.25) is 0 Å². The maximum atomic E-state index is 12.4. The fraction of sp³-hybridized carbons (Fsp3) is 0.125. The van der Waals surface area contributed by atoms with E-state index >= 15 is 0 Å². The first-order chi connectivity index (χ1) is 10.1. The van der Waals surface area contributed by atoms with Gasteiger partial charge in [-0.1, -0.05) is 18.2 Å². The molecule has 0 bridgehead atoms. The van der Waals surface area contributed by atoms with E-state index in [0.717, 1.165) is 22.2 Å². The van der Waals surface area contributed by atoms with Gasteiger partial charge in [0.2, 0.25) is 5.91 Å². The van der Waals surface area contributed by atoms with E-state index < -0.39 is 0 Å². The zero-order valence-corrected chi connectivity index (χ0v) is 11.6. The molecule has 0 aliphatic heterocycles. The zero-order valence-electron chi connectivity index (χ0n) is 11.6. The number of aromatic amines is 1. The molecule has 1 unspecified atom stereocenters. The minimum Gasteiger partial charge on any atom is -0.399 e. The molecule has 0 aliphatic rings. The summed E-state index contributed by atoms with van der Waals surface area (Å²) in [5, 5.41) is 10.7. The second kappa shape index (κ2) is 5.28. The summed E-state index contributed by atoms with van der Waals surface area (Å²) in [6, 6.07) is 13.0. The summed E-state index contributed by atoms with van der Waals surface area (Å²) in [6.07, 6.45) is 1.70. The summed E-state index contributed by atoms with van der Waals surface area (Å²) < 4.78 is 0. The Morgan fingerprint density at radius 3 is 2.90 bits per heavy atom. The maximum absolute atomic E-state index is 12.4. The lowest BCUT2D eigenvalue weighted by Gasteiger charge is -2.13. The van der Waals surface area contributed by atoms with Gasteiger partial charge in [-0.2, -0.15) is 5.10 Å². The molecule has 3 rings (SSSR count). The molecule has 1 heterocycles. The van der Waals surface area contributed by atoms with Crippen molar-refractivity contribution in [2.24, 2.45) is 0 Å². The SMILES string of the molecule is CC(C(=O)Nc1cccc2[nH]ncc12)c1cccc(N)c1. The number of nitrogens with zero attached hydrogens (tertiary/aromatic N) is 1. The molecule has 0 saturated heterocycles. The van der Waals surface area contributed by atoms with Crippen molar-refractivity contribution in [2.75, 3.05) is 11.1 Å². The van der Waals surface area contributed by atoms with Gasteiger partial charge in [0, 0.05) is 11.1 Å². The van der Waals surface area contributed by atoms with Gasteiger partial charge in [0.05, 0.1) is 23.3 Å². The Morgan fingerprint density at radius 2 is 2.10 bits per heavy atom. The van der Waals surface area contributed by atoms with Gasteiger partial charge < -0.3 is 11.1 Å². The van der Waals surface area contributed by atoms with Crippen molar-refractivity contribution in [2.45, 2.75) is 12.8 Å². The summed E-state index contributed by atoms with van der Waals surface area (Å²) in [5.74, 6) is -0.357. The molecule has 3 aromatic rings. The van der Waals surface area contributed by atoms with Crippen LogP contribution in [0, 0.1) is 0 Å². The van der Waals surface area contributed by atoms with E-state index in [9.17, 15) is 4.79 Å². The van der Waals surface area contributed by atoms with Crippen LogP contribution in [-0.4, -0.2) is 16.1 Å². The molecule has 2 aromatic carbocycles. The molecule has 1 aromatic heterocycles. The monoisotopic (exact) mass is 280 g/mol. The first-order valence-corrected chi connectivity index (χ1v) is 6.73. The van der Waals surface area contributed by atoms with E-state index in [1.54, 1.807) is 12.3 Å². The van der Waals surface area contributed by atoms with Crippen molar-refractivity contribution < 1.29 is 4.79 Å². The van der Waals surface area contributed by atoms with E-state index in [1.807, 2.05) is 43.3 Å². The standard InChI is InChI=1S/C16H16N4O/c1-10(11-4-2-5-12(17)8-11)16(21)19-14-6-3-7-15-13(14)9-18-20-15/h2-10H,17H2,1H3,(H,18,20)(H,19,21). The number of hydrogen-bond donors (Lipinski definition) is 3. The molecule has 4 N–H and O–H groups in total. The minimum atomic E-state index is -0.282. The number of aromatic nitrogens is 2. The second-order valence-electron chi connectivity index (χ2n) is 5.02. The first-order valence-electron chi connectivity index (χ1n) is 6.73. The molecule has 21 heavy (non-hydrogen) atoms. The number of nitrogens with one attached hydrogen (secondary N) is 2. The Balaban J connectivity index is 1.84. The van der Waals surface area contributed by atoms with Gasteiger partial charge in [-0.05, 0) is 36.8 Å². The van der Waals surface area contributed by atoms with Crippen molar-refractivity contribution in [1.82, 2.24) is 10.2 Å². The Bertz CT molecular complexity index is 794. The van der Waals surface area contributed by atoms with Gasteiger partial charge in [-0.25, -0.2) is 0 Å². The van der Waals surface area contributed by atoms with E-state index in [0.29, 0.717) is 5.69 Å². The summed E-state index contributed by atoms with van der Waals surface area (Å²) in [5.41, 5.74) is 8.96. The highest BCUT2D eigenvalue weighted by Gasteiger charge is 2.16. The van der Waals surface area contributed by atoms with Crippen LogP contribution in [0.3, 0.4) is 0 Å². The lowest BCUT2D eigenvalue weighted by atomic mass is 9.99. The fourth-order valence-corrected chi connectivity index (χ4v) is 2.30. The second-order valence-corrected chi connectivity index (χ2v) is 5.02. The summed E-state index contributed by atoms with van der Waals surface area (Å²) >= 11 is 0. The number of benzene rings is 2. The van der Waals surface area contributed by atoms with Crippen LogP contribution in [0.1, 0.15) is 18.4 Å². The number of rotatable bonds is 3. The molecule has 5 nitrogen and oxygen atoms in total. The molecule has 0 aliphatic carbocycles. The average molecular weight is 280 g/mol. The number of carbonyl (C=O) groups excluding carboxylic acids is 1. The van der Waals surface area contributed by atoms with Gasteiger partial charge >= 0.3 is 0 Å². The number of anilines is 2. The smallest absolute Gasteiger partial charge is 0.231 e. The number of fused-ring (bicyclic) bond motifs is 1. The highest BCUT2D eigenvalue weighted by molar-refractivity contribution is 6.03. The third-order valence-electron chi connectivity index (χ3n) is 3.55. The van der Waals surface area contributed by atoms with Crippen LogP contribution in [0.5, 0.6) is 0 Å². The zero-order chi connectivity index (χ0) is 14.8. The molecule has 1 amide bonds. The van der Waals surface area contributed by atoms with Crippen molar-refractivity contribution in [3.8, 4) is 0 Å². The molecule has 0 fully saturated rings. The van der Waals surface area contributed by atoms with Crippen LogP contribution >= 0.6 is 0 Å². The van der Waals surface area contributed by atoms with Crippen molar-refractivity contribution >= 4 is 28.2 Å². The lowest BCUT2D eigenvalue weighted by molar-refractivity contribution is -0.117.